The zero-order chi connectivity index (χ0) is 13.0. The van der Waals surface area contributed by atoms with Gasteiger partial charge in [0.15, 0.2) is 5.82 Å². The largest absolute Gasteiger partial charge is 0.339 e. The summed E-state index contributed by atoms with van der Waals surface area (Å²) in [6.45, 7) is 4.08. The number of hydrogen-bond acceptors (Lipinski definition) is 3. The second-order valence-corrected chi connectivity index (χ2v) is 4.93. The standard InChI is InChI=1S/C14H17ClN2O/c1-3-12(15)14-16-13(18-17-14)9-8-11-6-4-10(2)5-7-11/h4-7,12H,3,8-9H2,1-2H3. The van der Waals surface area contributed by atoms with Gasteiger partial charge in [0.25, 0.3) is 0 Å². The molecule has 0 N–H and O–H groups in total. The van der Waals surface area contributed by atoms with Gasteiger partial charge in [0, 0.05) is 6.42 Å². The van der Waals surface area contributed by atoms with E-state index in [9.17, 15) is 0 Å². The van der Waals surface area contributed by atoms with E-state index in [1.807, 2.05) is 6.92 Å². The summed E-state index contributed by atoms with van der Waals surface area (Å²) in [5.41, 5.74) is 2.55. The Hall–Kier alpha value is -1.35. The normalized spacial score (nSPS) is 12.6. The van der Waals surface area contributed by atoms with E-state index in [1.54, 1.807) is 0 Å². The molecule has 4 heteroatoms. The molecule has 0 amide bonds. The van der Waals surface area contributed by atoms with Gasteiger partial charge in [-0.1, -0.05) is 41.9 Å². The van der Waals surface area contributed by atoms with E-state index in [-0.39, 0.29) is 5.38 Å². The minimum absolute atomic E-state index is 0.151. The van der Waals surface area contributed by atoms with Crippen molar-refractivity contribution in [3.8, 4) is 0 Å². The Labute approximate surface area is 112 Å². The van der Waals surface area contributed by atoms with Gasteiger partial charge in [-0.2, -0.15) is 4.98 Å². The first kappa shape index (κ1) is 13.1. The predicted octanol–water partition coefficient (Wildman–Crippen LogP) is 3.85. The molecule has 0 fully saturated rings. The highest BCUT2D eigenvalue weighted by Gasteiger charge is 2.13. The van der Waals surface area contributed by atoms with Crippen LogP contribution in [0.4, 0.5) is 0 Å². The van der Waals surface area contributed by atoms with Crippen LogP contribution < -0.4 is 0 Å². The van der Waals surface area contributed by atoms with E-state index in [2.05, 4.69) is 41.3 Å². The Kier molecular flexibility index (Phi) is 4.37. The summed E-state index contributed by atoms with van der Waals surface area (Å²) in [6.07, 6.45) is 2.46. The van der Waals surface area contributed by atoms with E-state index in [0.29, 0.717) is 11.7 Å². The van der Waals surface area contributed by atoms with Crippen molar-refractivity contribution in [2.75, 3.05) is 0 Å². The summed E-state index contributed by atoms with van der Waals surface area (Å²) >= 11 is 6.05. The van der Waals surface area contributed by atoms with Gasteiger partial charge in [-0.05, 0) is 25.3 Å². The van der Waals surface area contributed by atoms with E-state index in [0.717, 1.165) is 19.3 Å². The third-order valence-corrected chi connectivity index (χ3v) is 3.37. The van der Waals surface area contributed by atoms with E-state index < -0.39 is 0 Å². The maximum absolute atomic E-state index is 6.05. The Bertz CT molecular complexity index is 493. The molecule has 0 spiro atoms. The average Bonchev–Trinajstić information content (AvgIpc) is 2.86. The van der Waals surface area contributed by atoms with Gasteiger partial charge in [-0.25, -0.2) is 0 Å². The molecule has 0 aliphatic rings. The zero-order valence-electron chi connectivity index (χ0n) is 10.7. The summed E-state index contributed by atoms with van der Waals surface area (Å²) < 4.78 is 5.19. The molecule has 18 heavy (non-hydrogen) atoms. The molecular weight excluding hydrogens is 248 g/mol. The molecule has 0 bridgehead atoms. The highest BCUT2D eigenvalue weighted by Crippen LogP contribution is 2.20. The number of rotatable bonds is 5. The van der Waals surface area contributed by atoms with Crippen LogP contribution in [0.1, 0.15) is 41.6 Å². The fraction of sp³-hybridized carbons (Fsp3) is 0.429. The maximum Gasteiger partial charge on any atom is 0.227 e. The highest BCUT2D eigenvalue weighted by molar-refractivity contribution is 6.20. The van der Waals surface area contributed by atoms with Crippen LogP contribution in [0, 0.1) is 6.92 Å². The van der Waals surface area contributed by atoms with Crippen LogP contribution in [0.5, 0.6) is 0 Å². The fourth-order valence-electron chi connectivity index (χ4n) is 1.69. The highest BCUT2D eigenvalue weighted by atomic mass is 35.5. The summed E-state index contributed by atoms with van der Waals surface area (Å²) in [5.74, 6) is 1.25. The summed E-state index contributed by atoms with van der Waals surface area (Å²) in [4.78, 5) is 4.30. The number of hydrogen-bond donors (Lipinski definition) is 0. The smallest absolute Gasteiger partial charge is 0.227 e. The first-order valence-electron chi connectivity index (χ1n) is 6.21. The Morgan fingerprint density at radius 2 is 1.94 bits per heavy atom. The minimum Gasteiger partial charge on any atom is -0.339 e. The lowest BCUT2D eigenvalue weighted by Gasteiger charge is -1.99. The van der Waals surface area contributed by atoms with Gasteiger partial charge in [0.05, 0.1) is 5.38 Å². The lowest BCUT2D eigenvalue weighted by atomic mass is 10.1. The van der Waals surface area contributed by atoms with Crippen LogP contribution in [-0.2, 0) is 12.8 Å². The van der Waals surface area contributed by atoms with Gasteiger partial charge in [0.1, 0.15) is 0 Å². The summed E-state index contributed by atoms with van der Waals surface area (Å²) in [5, 5.41) is 3.74. The molecule has 1 unspecified atom stereocenters. The lowest BCUT2D eigenvalue weighted by Crippen LogP contribution is -1.94. The van der Waals surface area contributed by atoms with Crippen LogP contribution in [-0.4, -0.2) is 10.1 Å². The number of benzene rings is 1. The predicted molar refractivity (Wildman–Crippen MR) is 71.8 cm³/mol. The van der Waals surface area contributed by atoms with Crippen molar-refractivity contribution in [1.82, 2.24) is 10.1 Å². The van der Waals surface area contributed by atoms with Crippen molar-refractivity contribution in [3.05, 3.63) is 47.1 Å². The van der Waals surface area contributed by atoms with E-state index >= 15 is 0 Å². The molecule has 96 valence electrons. The van der Waals surface area contributed by atoms with Crippen molar-refractivity contribution >= 4 is 11.6 Å². The molecule has 1 aromatic carbocycles. The molecule has 0 radical (unpaired) electrons. The molecule has 0 saturated carbocycles. The topological polar surface area (TPSA) is 38.9 Å². The van der Waals surface area contributed by atoms with Crippen molar-refractivity contribution in [2.24, 2.45) is 0 Å². The van der Waals surface area contributed by atoms with Crippen LogP contribution in [0.25, 0.3) is 0 Å². The molecule has 0 aliphatic carbocycles. The Balaban J connectivity index is 1.94. The molecule has 0 saturated heterocycles. The van der Waals surface area contributed by atoms with Crippen molar-refractivity contribution in [2.45, 2.75) is 38.5 Å². The van der Waals surface area contributed by atoms with Crippen LogP contribution >= 0.6 is 11.6 Å². The van der Waals surface area contributed by atoms with Gasteiger partial charge < -0.3 is 4.52 Å². The van der Waals surface area contributed by atoms with Gasteiger partial charge in [-0.3, -0.25) is 0 Å². The number of aromatic nitrogens is 2. The molecule has 0 aliphatic heterocycles. The third kappa shape index (κ3) is 3.33. The second-order valence-electron chi connectivity index (χ2n) is 4.41. The Morgan fingerprint density at radius 3 is 2.61 bits per heavy atom. The fourth-order valence-corrected chi connectivity index (χ4v) is 1.77. The van der Waals surface area contributed by atoms with Gasteiger partial charge in [-0.15, -0.1) is 11.6 Å². The molecule has 1 aromatic heterocycles. The van der Waals surface area contributed by atoms with Crippen LogP contribution in [0.2, 0.25) is 0 Å². The maximum atomic E-state index is 6.05. The third-order valence-electron chi connectivity index (χ3n) is 2.87. The van der Waals surface area contributed by atoms with Crippen molar-refractivity contribution in [3.63, 3.8) is 0 Å². The van der Waals surface area contributed by atoms with E-state index in [1.165, 1.54) is 11.1 Å². The molecule has 1 heterocycles. The summed E-state index contributed by atoms with van der Waals surface area (Å²) in [6, 6.07) is 8.48. The summed E-state index contributed by atoms with van der Waals surface area (Å²) in [7, 11) is 0. The minimum atomic E-state index is -0.151. The zero-order valence-corrected chi connectivity index (χ0v) is 11.4. The molecule has 2 rings (SSSR count). The lowest BCUT2D eigenvalue weighted by molar-refractivity contribution is 0.372. The monoisotopic (exact) mass is 264 g/mol. The van der Waals surface area contributed by atoms with Gasteiger partial charge >= 0.3 is 0 Å². The number of alkyl halides is 1. The second kappa shape index (κ2) is 6.01. The van der Waals surface area contributed by atoms with E-state index in [4.69, 9.17) is 16.1 Å². The first-order valence-corrected chi connectivity index (χ1v) is 6.64. The van der Waals surface area contributed by atoms with Gasteiger partial charge in [0.2, 0.25) is 5.89 Å². The quantitative estimate of drug-likeness (QED) is 0.770. The molecular formula is C14H17ClN2O. The number of halogens is 1. The van der Waals surface area contributed by atoms with Crippen molar-refractivity contribution < 1.29 is 4.52 Å². The molecule has 1 atom stereocenters. The Morgan fingerprint density at radius 1 is 1.22 bits per heavy atom. The number of aryl methyl sites for hydroxylation is 3. The van der Waals surface area contributed by atoms with Crippen molar-refractivity contribution in [1.29, 1.82) is 0 Å². The SMILES string of the molecule is CCC(Cl)c1noc(CCc2ccc(C)cc2)n1. The molecule has 2 aromatic rings. The first-order chi connectivity index (χ1) is 8.69. The van der Waals surface area contributed by atoms with Crippen LogP contribution in [0.15, 0.2) is 28.8 Å². The molecule has 3 nitrogen and oxygen atoms in total. The average molecular weight is 265 g/mol. The number of nitrogens with zero attached hydrogens (tertiary/aromatic N) is 2. The van der Waals surface area contributed by atoms with Crippen LogP contribution in [0.3, 0.4) is 0 Å².